The van der Waals surface area contributed by atoms with Crippen molar-refractivity contribution < 1.29 is 44.0 Å². The number of rotatable bonds is 0. The number of carboxylic acid groups (broad SMARTS) is 1. The second kappa shape index (κ2) is 6.48. The van der Waals surface area contributed by atoms with E-state index < -0.39 is 13.9 Å². The quantitative estimate of drug-likeness (QED) is 0.245. The molecule has 0 aromatic rings. The van der Waals surface area contributed by atoms with Gasteiger partial charge in [0.25, 0.3) is 0 Å². The van der Waals surface area contributed by atoms with Crippen LogP contribution in [0.2, 0.25) is 0 Å². The molecule has 0 spiro atoms. The number of hydrogen-bond donors (Lipinski definition) is 0. The second-order valence-corrected chi connectivity index (χ2v) is 0.897. The summed E-state index contributed by atoms with van der Waals surface area (Å²) in [6.45, 7) is 0. The van der Waals surface area contributed by atoms with E-state index in [9.17, 15) is 14.5 Å². The van der Waals surface area contributed by atoms with E-state index in [1.165, 1.54) is 5.63 Å². The average molecular weight is 126 g/mol. The molecule has 0 unspecified atom stereocenters. The predicted molar refractivity (Wildman–Crippen MR) is 16.5 cm³/mol. The molecule has 5 heteroatoms. The molecule has 0 saturated carbocycles. The molecule has 0 aliphatic rings. The van der Waals surface area contributed by atoms with Gasteiger partial charge in [-0.15, -0.1) is 0 Å². The van der Waals surface area contributed by atoms with Crippen molar-refractivity contribution in [1.82, 2.24) is 0 Å². The smallest absolute Gasteiger partial charge is 1.00 e. The normalized spacial score (nSPS) is 5.14. The van der Waals surface area contributed by atoms with Gasteiger partial charge in [-0.25, -0.2) is 0 Å². The molecule has 7 heavy (non-hydrogen) atoms. The fraction of sp³-hybridized carbons (Fsp3) is 0. The summed E-state index contributed by atoms with van der Waals surface area (Å²) in [6, 6.07) is 0. The number of aliphatic carboxylic acids is 1. The molecule has 32 valence electrons. The van der Waals surface area contributed by atoms with Crippen molar-refractivity contribution in [2.75, 3.05) is 0 Å². The molecule has 0 radical (unpaired) electrons. The Kier molecular flexibility index (Phi) is 9.68. The van der Waals surface area contributed by atoms with Crippen molar-refractivity contribution >= 4 is 13.9 Å². The fourth-order valence-electron chi connectivity index (χ4n) is 0.0373. The van der Waals surface area contributed by atoms with E-state index in [-0.39, 0.29) is 29.6 Å². The van der Waals surface area contributed by atoms with E-state index in [4.69, 9.17) is 0 Å². The Hall–Kier alpha value is 0.480. The maximum Gasteiger partial charge on any atom is 1.00 e. The number of carboxylic acids is 1. The molecule has 0 saturated heterocycles. The standard InChI is InChI=1S/C2HO3P.Na/c3-2(4)1-6-5;/h(H,3,4);/q;+1/p-1. The first-order chi connectivity index (χ1) is 2.77. The Bertz CT molecular complexity index is 145. The first kappa shape index (κ1) is 10.5. The summed E-state index contributed by atoms with van der Waals surface area (Å²) in [5.74, 6) is -1.54. The Balaban J connectivity index is 0. The fourth-order valence-corrected chi connectivity index (χ4v) is 0.112. The molecule has 0 atom stereocenters. The van der Waals surface area contributed by atoms with Gasteiger partial charge in [-0.05, 0) is 0 Å². The molecule has 0 N–H and O–H groups in total. The van der Waals surface area contributed by atoms with Crippen molar-refractivity contribution in [3.05, 3.63) is 0 Å². The maximum atomic E-state index is 9.18. The van der Waals surface area contributed by atoms with Gasteiger partial charge in [0.15, 0.2) is 0 Å². The Morgan fingerprint density at radius 1 is 1.71 bits per heavy atom. The van der Waals surface area contributed by atoms with Crippen LogP contribution >= 0.6 is 7.92 Å². The molecule has 0 rings (SSSR count). The van der Waals surface area contributed by atoms with Gasteiger partial charge in [-0.2, -0.15) is 0 Å². The molecule has 0 aromatic heterocycles. The van der Waals surface area contributed by atoms with E-state index in [1.807, 2.05) is 0 Å². The van der Waals surface area contributed by atoms with Crippen LogP contribution in [0.3, 0.4) is 0 Å². The third kappa shape index (κ3) is 10.7. The zero-order chi connectivity index (χ0) is 4.99. The van der Waals surface area contributed by atoms with Gasteiger partial charge in [0.2, 0.25) is 0 Å². The minimum atomic E-state index is -1.54. The maximum absolute atomic E-state index is 9.18. The van der Waals surface area contributed by atoms with Crippen molar-refractivity contribution in [1.29, 1.82) is 0 Å². The van der Waals surface area contributed by atoms with Crippen LogP contribution < -0.4 is 34.7 Å². The summed E-state index contributed by atoms with van der Waals surface area (Å²) in [5.41, 5.74) is 1.43. The number of hydrogen-bond acceptors (Lipinski definition) is 3. The molecular formula is C2NaO3P. The van der Waals surface area contributed by atoms with E-state index in [1.54, 1.807) is 0 Å². The number of carbonyl (C=O) groups is 1. The van der Waals surface area contributed by atoms with E-state index >= 15 is 0 Å². The second-order valence-electron chi connectivity index (χ2n) is 0.491. The Morgan fingerprint density at radius 2 is 2.14 bits per heavy atom. The van der Waals surface area contributed by atoms with Gasteiger partial charge in [-0.1, -0.05) is 0 Å². The molecule has 0 bridgehead atoms. The van der Waals surface area contributed by atoms with Gasteiger partial charge < -0.3 is 0 Å². The summed E-state index contributed by atoms with van der Waals surface area (Å²) in [4.78, 5) is 9.17. The summed E-state index contributed by atoms with van der Waals surface area (Å²) in [6.07, 6.45) is 0. The molecule has 0 heterocycles. The SMILES string of the molecule is O=P#CC(=O)[O-].[Na+]. The van der Waals surface area contributed by atoms with Crippen LogP contribution in [0.1, 0.15) is 0 Å². The molecule has 0 aliphatic carbocycles. The van der Waals surface area contributed by atoms with Gasteiger partial charge in [0.1, 0.15) is 0 Å². The molecule has 0 aliphatic heterocycles. The van der Waals surface area contributed by atoms with Crippen molar-refractivity contribution in [3.63, 3.8) is 0 Å². The monoisotopic (exact) mass is 126 g/mol. The topological polar surface area (TPSA) is 57.2 Å². The first-order valence-electron chi connectivity index (χ1n) is 1.06. The molecule has 3 nitrogen and oxygen atoms in total. The molecular weight excluding hydrogens is 126 g/mol. The predicted octanol–water partition coefficient (Wildman–Crippen LogP) is -4.01. The van der Waals surface area contributed by atoms with Crippen molar-refractivity contribution in [2.45, 2.75) is 0 Å². The van der Waals surface area contributed by atoms with Crippen LogP contribution in [0, 0.1) is 5.63 Å². The van der Waals surface area contributed by atoms with E-state index in [0.29, 0.717) is 0 Å². The Morgan fingerprint density at radius 3 is 2.14 bits per heavy atom. The van der Waals surface area contributed by atoms with Gasteiger partial charge in [-0.3, -0.25) is 0 Å². The van der Waals surface area contributed by atoms with Gasteiger partial charge in [0, 0.05) is 0 Å². The Labute approximate surface area is 63.5 Å². The van der Waals surface area contributed by atoms with Crippen LogP contribution in [0.15, 0.2) is 0 Å². The first-order valence-corrected chi connectivity index (χ1v) is 1.88. The van der Waals surface area contributed by atoms with Crippen LogP contribution in [0.4, 0.5) is 0 Å². The molecule has 0 aromatic carbocycles. The largest absolute Gasteiger partial charge is 1.00 e. The third-order valence-corrected chi connectivity index (χ3v) is 0.411. The number of carbonyl (C=O) groups excluding carboxylic acids is 1. The summed E-state index contributed by atoms with van der Waals surface area (Å²) < 4.78 is 9.18. The zero-order valence-corrected chi connectivity index (χ0v) is 6.57. The van der Waals surface area contributed by atoms with Crippen LogP contribution in [0.25, 0.3) is 0 Å². The van der Waals surface area contributed by atoms with Crippen molar-refractivity contribution in [3.8, 4) is 5.63 Å². The summed E-state index contributed by atoms with van der Waals surface area (Å²) >= 11 is 0. The van der Waals surface area contributed by atoms with Crippen LogP contribution in [0.5, 0.6) is 0 Å². The van der Waals surface area contributed by atoms with Gasteiger partial charge in [0.05, 0.1) is 0 Å². The summed E-state index contributed by atoms with van der Waals surface area (Å²) in [7, 11) is -0.638. The van der Waals surface area contributed by atoms with Crippen molar-refractivity contribution in [2.24, 2.45) is 0 Å². The molecule has 0 fully saturated rings. The average Bonchev–Trinajstić information content (AvgIpc) is 1.35. The van der Waals surface area contributed by atoms with E-state index in [2.05, 4.69) is 0 Å². The van der Waals surface area contributed by atoms with Gasteiger partial charge >= 0.3 is 63.5 Å². The van der Waals surface area contributed by atoms with Crippen LogP contribution in [-0.2, 0) is 9.36 Å². The minimum Gasteiger partial charge on any atom is 1.00 e. The third-order valence-electron chi connectivity index (χ3n) is 0.137. The zero-order valence-electron chi connectivity index (χ0n) is 3.67. The van der Waals surface area contributed by atoms with Crippen LogP contribution in [-0.4, -0.2) is 5.97 Å². The minimum absolute atomic E-state index is 0. The summed E-state index contributed by atoms with van der Waals surface area (Å²) in [5, 5.41) is 9.17. The molecule has 0 amide bonds. The van der Waals surface area contributed by atoms with E-state index in [0.717, 1.165) is 0 Å².